The fraction of sp³-hybridized carbons (Fsp3) is 0.333. The van der Waals surface area contributed by atoms with E-state index in [1.165, 1.54) is 12.3 Å². The molecule has 1 aromatic carbocycles. The van der Waals surface area contributed by atoms with Crippen LogP contribution in [0.2, 0.25) is 0 Å². The van der Waals surface area contributed by atoms with E-state index < -0.39 is 15.7 Å². The number of aromatic nitrogens is 1. The standard InChI is InChI=1S/C15H15FN2O3S2/c16-12-6-2-1-5-11(12)15-17-8-13(22-15)14(19)18-10-4-3-7-23(20,21)9-10/h1-2,5-6,8,10H,3-4,7,9H2,(H,18,19). The molecule has 1 fully saturated rings. The Kier molecular flexibility index (Phi) is 4.45. The average Bonchev–Trinajstić information content (AvgIpc) is 2.96. The van der Waals surface area contributed by atoms with E-state index in [4.69, 9.17) is 0 Å². The maximum Gasteiger partial charge on any atom is 0.263 e. The number of benzene rings is 1. The minimum atomic E-state index is -3.08. The largest absolute Gasteiger partial charge is 0.348 e. The lowest BCUT2D eigenvalue weighted by Gasteiger charge is -2.22. The van der Waals surface area contributed by atoms with Crippen LogP contribution >= 0.6 is 11.3 Å². The Morgan fingerprint density at radius 3 is 2.87 bits per heavy atom. The number of nitrogens with one attached hydrogen (secondary N) is 1. The van der Waals surface area contributed by atoms with Crippen molar-refractivity contribution in [2.75, 3.05) is 11.5 Å². The first-order chi connectivity index (χ1) is 10.9. The van der Waals surface area contributed by atoms with Gasteiger partial charge >= 0.3 is 0 Å². The van der Waals surface area contributed by atoms with Crippen molar-refractivity contribution in [1.82, 2.24) is 10.3 Å². The van der Waals surface area contributed by atoms with Crippen LogP contribution in [0.15, 0.2) is 30.5 Å². The van der Waals surface area contributed by atoms with E-state index in [0.29, 0.717) is 28.3 Å². The van der Waals surface area contributed by atoms with Crippen molar-refractivity contribution in [2.24, 2.45) is 0 Å². The van der Waals surface area contributed by atoms with Gasteiger partial charge < -0.3 is 5.32 Å². The Labute approximate surface area is 137 Å². The fourth-order valence-electron chi connectivity index (χ4n) is 2.53. The van der Waals surface area contributed by atoms with Crippen LogP contribution in [0.25, 0.3) is 10.6 Å². The minimum absolute atomic E-state index is 0.0300. The molecule has 1 saturated heterocycles. The van der Waals surface area contributed by atoms with E-state index in [0.717, 1.165) is 11.3 Å². The molecule has 3 rings (SSSR count). The third-order valence-corrected chi connectivity index (χ3v) is 6.48. The third kappa shape index (κ3) is 3.76. The summed E-state index contributed by atoms with van der Waals surface area (Å²) in [7, 11) is -3.08. The van der Waals surface area contributed by atoms with Gasteiger partial charge in [0.15, 0.2) is 9.84 Å². The van der Waals surface area contributed by atoms with Gasteiger partial charge in [-0.15, -0.1) is 11.3 Å². The van der Waals surface area contributed by atoms with E-state index in [1.807, 2.05) is 0 Å². The number of carbonyl (C=O) groups excluding carboxylic acids is 1. The second-order valence-electron chi connectivity index (χ2n) is 5.44. The molecular weight excluding hydrogens is 339 g/mol. The molecular formula is C15H15FN2O3S2. The number of amides is 1. The smallest absolute Gasteiger partial charge is 0.263 e. The normalized spacial score (nSPS) is 20.1. The van der Waals surface area contributed by atoms with Gasteiger partial charge in [-0.1, -0.05) is 12.1 Å². The molecule has 8 heteroatoms. The van der Waals surface area contributed by atoms with Crippen LogP contribution < -0.4 is 5.32 Å². The first-order valence-corrected chi connectivity index (χ1v) is 9.80. The summed E-state index contributed by atoms with van der Waals surface area (Å²) >= 11 is 1.08. The maximum atomic E-state index is 13.7. The lowest BCUT2D eigenvalue weighted by atomic mass is 10.2. The van der Waals surface area contributed by atoms with E-state index in [-0.39, 0.29) is 23.5 Å². The monoisotopic (exact) mass is 354 g/mol. The zero-order valence-corrected chi connectivity index (χ0v) is 13.8. The predicted molar refractivity (Wildman–Crippen MR) is 86.7 cm³/mol. The van der Waals surface area contributed by atoms with Gasteiger partial charge in [-0.25, -0.2) is 17.8 Å². The molecule has 0 spiro atoms. The Bertz CT molecular complexity index is 833. The summed E-state index contributed by atoms with van der Waals surface area (Å²) in [6.45, 7) is 0. The van der Waals surface area contributed by atoms with E-state index in [1.54, 1.807) is 18.2 Å². The number of nitrogens with zero attached hydrogens (tertiary/aromatic N) is 1. The Morgan fingerprint density at radius 1 is 1.35 bits per heavy atom. The molecule has 2 aromatic rings. The van der Waals surface area contributed by atoms with Crippen molar-refractivity contribution in [3.8, 4) is 10.6 Å². The summed E-state index contributed by atoms with van der Waals surface area (Å²) in [5.41, 5.74) is 0.344. The fourth-order valence-corrected chi connectivity index (χ4v) is 5.01. The second kappa shape index (κ2) is 6.37. The van der Waals surface area contributed by atoms with Crippen LogP contribution in [0.4, 0.5) is 4.39 Å². The van der Waals surface area contributed by atoms with Crippen molar-refractivity contribution < 1.29 is 17.6 Å². The number of carbonyl (C=O) groups is 1. The quantitative estimate of drug-likeness (QED) is 0.917. The molecule has 0 bridgehead atoms. The summed E-state index contributed by atoms with van der Waals surface area (Å²) in [5.74, 6) is -0.617. The highest BCUT2D eigenvalue weighted by Crippen LogP contribution is 2.27. The summed E-state index contributed by atoms with van der Waals surface area (Å²) < 4.78 is 36.9. The Morgan fingerprint density at radius 2 is 2.13 bits per heavy atom. The highest BCUT2D eigenvalue weighted by Gasteiger charge is 2.26. The van der Waals surface area contributed by atoms with E-state index in [2.05, 4.69) is 10.3 Å². The van der Waals surface area contributed by atoms with Crippen LogP contribution in [0.5, 0.6) is 0 Å². The highest BCUT2D eigenvalue weighted by molar-refractivity contribution is 7.91. The van der Waals surface area contributed by atoms with Crippen LogP contribution in [0, 0.1) is 5.82 Å². The number of sulfone groups is 1. The molecule has 2 heterocycles. The first-order valence-electron chi connectivity index (χ1n) is 7.17. The SMILES string of the molecule is O=C(NC1CCCS(=O)(=O)C1)c1cnc(-c2ccccc2F)s1. The highest BCUT2D eigenvalue weighted by atomic mass is 32.2. The molecule has 1 unspecified atom stereocenters. The van der Waals surface area contributed by atoms with Crippen molar-refractivity contribution in [3.05, 3.63) is 41.2 Å². The van der Waals surface area contributed by atoms with Gasteiger partial charge in [0, 0.05) is 11.6 Å². The van der Waals surface area contributed by atoms with Gasteiger partial charge in [0.1, 0.15) is 15.7 Å². The average molecular weight is 354 g/mol. The molecule has 1 atom stereocenters. The summed E-state index contributed by atoms with van der Waals surface area (Å²) in [5, 5.41) is 3.15. The summed E-state index contributed by atoms with van der Waals surface area (Å²) in [4.78, 5) is 16.7. The topological polar surface area (TPSA) is 76.1 Å². The van der Waals surface area contributed by atoms with Gasteiger partial charge in [0.25, 0.3) is 5.91 Å². The number of hydrogen-bond donors (Lipinski definition) is 1. The van der Waals surface area contributed by atoms with Crippen molar-refractivity contribution in [2.45, 2.75) is 18.9 Å². The van der Waals surface area contributed by atoms with Crippen LogP contribution in [-0.2, 0) is 9.84 Å². The van der Waals surface area contributed by atoms with Crippen LogP contribution in [-0.4, -0.2) is 36.9 Å². The molecule has 0 radical (unpaired) electrons. The van der Waals surface area contributed by atoms with Crippen LogP contribution in [0.1, 0.15) is 22.5 Å². The van der Waals surface area contributed by atoms with Gasteiger partial charge in [-0.3, -0.25) is 4.79 Å². The number of rotatable bonds is 3. The van der Waals surface area contributed by atoms with E-state index >= 15 is 0 Å². The Hall–Kier alpha value is -1.80. The zero-order valence-electron chi connectivity index (χ0n) is 12.2. The lowest BCUT2D eigenvalue weighted by Crippen LogP contribution is -2.43. The lowest BCUT2D eigenvalue weighted by molar-refractivity contribution is 0.0942. The van der Waals surface area contributed by atoms with Gasteiger partial charge in [-0.2, -0.15) is 0 Å². The molecule has 23 heavy (non-hydrogen) atoms. The molecule has 1 aliphatic heterocycles. The Balaban J connectivity index is 1.73. The molecule has 122 valence electrons. The zero-order chi connectivity index (χ0) is 16.4. The van der Waals surface area contributed by atoms with E-state index in [9.17, 15) is 17.6 Å². The molecule has 0 saturated carbocycles. The molecule has 1 aromatic heterocycles. The summed E-state index contributed by atoms with van der Waals surface area (Å²) in [6, 6.07) is 5.85. The van der Waals surface area contributed by atoms with Crippen LogP contribution in [0.3, 0.4) is 0 Å². The molecule has 1 N–H and O–H groups in total. The maximum absolute atomic E-state index is 13.7. The molecule has 5 nitrogen and oxygen atoms in total. The number of thiazole rings is 1. The molecule has 1 aliphatic rings. The van der Waals surface area contributed by atoms with Gasteiger partial charge in [0.05, 0.1) is 17.7 Å². The minimum Gasteiger partial charge on any atom is -0.348 e. The number of hydrogen-bond acceptors (Lipinski definition) is 5. The predicted octanol–water partition coefficient (Wildman–Crippen LogP) is 2.26. The van der Waals surface area contributed by atoms with Crippen molar-refractivity contribution in [3.63, 3.8) is 0 Å². The third-order valence-electron chi connectivity index (χ3n) is 3.63. The second-order valence-corrected chi connectivity index (χ2v) is 8.70. The molecule has 0 aliphatic carbocycles. The molecule has 1 amide bonds. The van der Waals surface area contributed by atoms with Gasteiger partial charge in [0.2, 0.25) is 0 Å². The van der Waals surface area contributed by atoms with Crippen molar-refractivity contribution >= 4 is 27.1 Å². The summed E-state index contributed by atoms with van der Waals surface area (Å²) in [6.07, 6.45) is 2.58. The first kappa shape index (κ1) is 16.1. The van der Waals surface area contributed by atoms with Crippen molar-refractivity contribution in [1.29, 1.82) is 0 Å². The van der Waals surface area contributed by atoms with Gasteiger partial charge in [-0.05, 0) is 25.0 Å². The number of halogens is 1.